The monoisotopic (exact) mass is 346 g/mol. The maximum atomic E-state index is 12.3. The number of anilines is 1. The molecule has 0 saturated heterocycles. The van der Waals surface area contributed by atoms with Crippen LogP contribution in [0.2, 0.25) is 0 Å². The number of benzene rings is 1. The highest BCUT2D eigenvalue weighted by atomic mass is 32.2. The molecule has 1 aromatic rings. The molecule has 1 aromatic carbocycles. The lowest BCUT2D eigenvalue weighted by Crippen LogP contribution is -2.36. The summed E-state index contributed by atoms with van der Waals surface area (Å²) >= 11 is 0.704. The number of halogens is 3. The number of carbonyl (C=O) groups is 1. The van der Waals surface area contributed by atoms with Crippen LogP contribution in [0.15, 0.2) is 41.3 Å². The molecule has 0 aliphatic carbocycles. The molecule has 3 nitrogen and oxygen atoms in total. The smallest absolute Gasteiger partial charge is 0.375 e. The maximum Gasteiger partial charge on any atom is 0.398 e. The molecule has 0 spiro atoms. The Hall–Kier alpha value is -1.63. The zero-order valence-electron chi connectivity index (χ0n) is 13.2. The van der Waals surface area contributed by atoms with Gasteiger partial charge in [-0.15, -0.1) is 11.8 Å². The fourth-order valence-corrected chi connectivity index (χ4v) is 2.67. The van der Waals surface area contributed by atoms with Crippen molar-refractivity contribution in [1.82, 2.24) is 4.90 Å². The first kappa shape index (κ1) is 19.4. The number of nitrogens with zero attached hydrogens (tertiary/aromatic N) is 1. The second-order valence-corrected chi connectivity index (χ2v) is 6.14. The molecular formula is C16H21F3N2OS. The Labute approximate surface area is 138 Å². The molecule has 0 atom stereocenters. The van der Waals surface area contributed by atoms with Crippen LogP contribution in [0.4, 0.5) is 18.9 Å². The van der Waals surface area contributed by atoms with E-state index in [1.54, 1.807) is 29.2 Å². The zero-order valence-corrected chi connectivity index (χ0v) is 14.1. The number of hydrogen-bond donors (Lipinski definition) is 1. The first-order valence-electron chi connectivity index (χ1n) is 7.17. The standard InChI is InChI=1S/C16H21F3N2OS/c1-4-21(10-12(2)3)15(22)9-20-13-7-5-6-8-14(13)23-11-16(17,18)19/h5-8,20H,2,4,9-11H2,1,3H3. The molecule has 0 radical (unpaired) electrons. The number of rotatable bonds is 8. The lowest BCUT2D eigenvalue weighted by Gasteiger charge is -2.22. The van der Waals surface area contributed by atoms with E-state index in [0.29, 0.717) is 35.4 Å². The summed E-state index contributed by atoms with van der Waals surface area (Å²) in [5, 5.41) is 2.93. The molecule has 0 bridgehead atoms. The number of nitrogens with one attached hydrogen (secondary N) is 1. The van der Waals surface area contributed by atoms with Crippen LogP contribution >= 0.6 is 11.8 Å². The van der Waals surface area contributed by atoms with Gasteiger partial charge in [0, 0.05) is 23.7 Å². The van der Waals surface area contributed by atoms with Gasteiger partial charge in [-0.05, 0) is 26.0 Å². The molecule has 0 unspecified atom stereocenters. The quantitative estimate of drug-likeness (QED) is 0.566. The molecule has 0 aliphatic heterocycles. The third kappa shape index (κ3) is 7.45. The minimum absolute atomic E-state index is 0.0325. The summed E-state index contributed by atoms with van der Waals surface area (Å²) in [6, 6.07) is 6.66. The summed E-state index contributed by atoms with van der Waals surface area (Å²) in [5.41, 5.74) is 1.41. The summed E-state index contributed by atoms with van der Waals surface area (Å²) < 4.78 is 37.0. The van der Waals surface area contributed by atoms with Crippen molar-refractivity contribution < 1.29 is 18.0 Å². The van der Waals surface area contributed by atoms with E-state index in [2.05, 4.69) is 11.9 Å². The summed E-state index contributed by atoms with van der Waals surface area (Å²) in [6.45, 7) is 8.55. The van der Waals surface area contributed by atoms with Gasteiger partial charge in [0.15, 0.2) is 0 Å². The fraction of sp³-hybridized carbons (Fsp3) is 0.438. The van der Waals surface area contributed by atoms with Gasteiger partial charge in [0.1, 0.15) is 0 Å². The Kier molecular flexibility index (Phi) is 7.48. The molecule has 1 amide bonds. The highest BCUT2D eigenvalue weighted by Gasteiger charge is 2.27. The van der Waals surface area contributed by atoms with Crippen LogP contribution in [0.1, 0.15) is 13.8 Å². The maximum absolute atomic E-state index is 12.3. The van der Waals surface area contributed by atoms with Crippen LogP contribution in [0.25, 0.3) is 0 Å². The van der Waals surface area contributed by atoms with Crippen LogP contribution in [0.3, 0.4) is 0 Å². The number of amides is 1. The van der Waals surface area contributed by atoms with E-state index in [0.717, 1.165) is 5.57 Å². The fourth-order valence-electron chi connectivity index (χ4n) is 1.88. The van der Waals surface area contributed by atoms with Crippen molar-refractivity contribution in [2.45, 2.75) is 24.9 Å². The normalized spacial score (nSPS) is 11.2. The van der Waals surface area contributed by atoms with Crippen molar-refractivity contribution in [3.8, 4) is 0 Å². The van der Waals surface area contributed by atoms with Gasteiger partial charge in [0.25, 0.3) is 0 Å². The van der Waals surface area contributed by atoms with E-state index in [1.165, 1.54) is 0 Å². The SMILES string of the molecule is C=C(C)CN(CC)C(=O)CNc1ccccc1SCC(F)(F)F. The second kappa shape index (κ2) is 8.86. The van der Waals surface area contributed by atoms with Gasteiger partial charge in [-0.1, -0.05) is 24.3 Å². The molecule has 0 aliphatic rings. The van der Waals surface area contributed by atoms with Gasteiger partial charge in [-0.2, -0.15) is 13.2 Å². The first-order valence-corrected chi connectivity index (χ1v) is 8.16. The molecule has 0 saturated carbocycles. The third-order valence-electron chi connectivity index (χ3n) is 2.90. The molecule has 0 heterocycles. The largest absolute Gasteiger partial charge is 0.398 e. The van der Waals surface area contributed by atoms with E-state index >= 15 is 0 Å². The summed E-state index contributed by atoms with van der Waals surface area (Å²) in [4.78, 5) is 14.3. The Morgan fingerprint density at radius 1 is 1.35 bits per heavy atom. The van der Waals surface area contributed by atoms with Gasteiger partial charge >= 0.3 is 6.18 Å². The molecule has 0 aromatic heterocycles. The highest BCUT2D eigenvalue weighted by molar-refractivity contribution is 7.99. The second-order valence-electron chi connectivity index (χ2n) is 5.12. The van der Waals surface area contributed by atoms with Gasteiger partial charge in [-0.3, -0.25) is 4.79 Å². The Bertz CT molecular complexity index is 546. The number of thioether (sulfide) groups is 1. The van der Waals surface area contributed by atoms with Gasteiger partial charge in [0.2, 0.25) is 5.91 Å². The predicted octanol–water partition coefficient (Wildman–Crippen LogP) is 4.18. The number of alkyl halides is 3. The minimum Gasteiger partial charge on any atom is -0.375 e. The molecule has 1 N–H and O–H groups in total. The third-order valence-corrected chi connectivity index (χ3v) is 4.04. The number of likely N-dealkylation sites (N-methyl/N-ethyl adjacent to an activating group) is 1. The number of carbonyl (C=O) groups excluding carboxylic acids is 1. The lowest BCUT2D eigenvalue weighted by atomic mass is 10.3. The average molecular weight is 346 g/mol. The van der Waals surface area contributed by atoms with Crippen LogP contribution in [-0.2, 0) is 4.79 Å². The summed E-state index contributed by atoms with van der Waals surface area (Å²) in [6.07, 6.45) is -4.23. The van der Waals surface area contributed by atoms with Crippen molar-refractivity contribution in [3.05, 3.63) is 36.4 Å². The number of hydrogen-bond acceptors (Lipinski definition) is 3. The van der Waals surface area contributed by atoms with E-state index in [1.807, 2.05) is 13.8 Å². The topological polar surface area (TPSA) is 32.3 Å². The van der Waals surface area contributed by atoms with E-state index in [-0.39, 0.29) is 12.5 Å². The molecule has 0 fully saturated rings. The highest BCUT2D eigenvalue weighted by Crippen LogP contribution is 2.31. The predicted molar refractivity (Wildman–Crippen MR) is 88.8 cm³/mol. The van der Waals surface area contributed by atoms with Crippen molar-refractivity contribution >= 4 is 23.4 Å². The Morgan fingerprint density at radius 3 is 2.57 bits per heavy atom. The molecular weight excluding hydrogens is 325 g/mol. The van der Waals surface area contributed by atoms with Crippen LogP contribution in [0.5, 0.6) is 0 Å². The Balaban J connectivity index is 2.66. The molecule has 7 heteroatoms. The molecule has 128 valence electrons. The van der Waals surface area contributed by atoms with E-state index < -0.39 is 11.9 Å². The number of para-hydroxylation sites is 1. The molecule has 1 rings (SSSR count). The van der Waals surface area contributed by atoms with Crippen LogP contribution in [0, 0.1) is 0 Å². The summed E-state index contributed by atoms with van der Waals surface area (Å²) in [7, 11) is 0. The zero-order chi connectivity index (χ0) is 17.5. The van der Waals surface area contributed by atoms with Crippen LogP contribution in [-0.4, -0.2) is 42.4 Å². The van der Waals surface area contributed by atoms with Crippen molar-refractivity contribution in [3.63, 3.8) is 0 Å². The van der Waals surface area contributed by atoms with Gasteiger partial charge < -0.3 is 10.2 Å². The average Bonchev–Trinajstić information content (AvgIpc) is 2.48. The summed E-state index contributed by atoms with van der Waals surface area (Å²) in [5.74, 6) is -1.08. The lowest BCUT2D eigenvalue weighted by molar-refractivity contribution is -0.128. The van der Waals surface area contributed by atoms with Gasteiger partial charge in [-0.25, -0.2) is 0 Å². The molecule has 23 heavy (non-hydrogen) atoms. The van der Waals surface area contributed by atoms with E-state index in [4.69, 9.17) is 0 Å². The van der Waals surface area contributed by atoms with Crippen molar-refractivity contribution in [2.75, 3.05) is 30.7 Å². The van der Waals surface area contributed by atoms with E-state index in [9.17, 15) is 18.0 Å². The van der Waals surface area contributed by atoms with Gasteiger partial charge in [0.05, 0.1) is 12.3 Å². The van der Waals surface area contributed by atoms with Crippen molar-refractivity contribution in [1.29, 1.82) is 0 Å². The van der Waals surface area contributed by atoms with Crippen molar-refractivity contribution in [2.24, 2.45) is 0 Å². The minimum atomic E-state index is -4.23. The van der Waals surface area contributed by atoms with Crippen LogP contribution < -0.4 is 5.32 Å². The first-order chi connectivity index (χ1) is 10.7. The Morgan fingerprint density at radius 2 is 2.00 bits per heavy atom.